The van der Waals surface area contributed by atoms with Gasteiger partial charge in [-0.05, 0) is 37.1 Å². The SMILES string of the molecule is CCc1ccc(C(=O)c2oc3ccc(Br)cc3c2C)cc1. The van der Waals surface area contributed by atoms with E-state index < -0.39 is 0 Å². The van der Waals surface area contributed by atoms with Crippen molar-refractivity contribution < 1.29 is 9.21 Å². The van der Waals surface area contributed by atoms with E-state index in [1.807, 2.05) is 49.4 Å². The number of furan rings is 1. The van der Waals surface area contributed by atoms with E-state index in [0.717, 1.165) is 27.4 Å². The molecule has 0 spiro atoms. The molecule has 0 aliphatic rings. The zero-order chi connectivity index (χ0) is 15.0. The van der Waals surface area contributed by atoms with Crippen LogP contribution in [0.15, 0.2) is 51.4 Å². The van der Waals surface area contributed by atoms with Crippen LogP contribution in [-0.2, 0) is 6.42 Å². The molecule has 21 heavy (non-hydrogen) atoms. The van der Waals surface area contributed by atoms with Gasteiger partial charge >= 0.3 is 0 Å². The molecule has 1 heterocycles. The maximum absolute atomic E-state index is 12.6. The van der Waals surface area contributed by atoms with Crippen molar-refractivity contribution in [3.63, 3.8) is 0 Å². The fraction of sp³-hybridized carbons (Fsp3) is 0.167. The Labute approximate surface area is 131 Å². The van der Waals surface area contributed by atoms with Gasteiger partial charge < -0.3 is 4.42 Å². The summed E-state index contributed by atoms with van der Waals surface area (Å²) in [6, 6.07) is 13.5. The molecule has 3 aromatic rings. The van der Waals surface area contributed by atoms with E-state index in [4.69, 9.17) is 4.42 Å². The van der Waals surface area contributed by atoms with Gasteiger partial charge in [-0.2, -0.15) is 0 Å². The summed E-state index contributed by atoms with van der Waals surface area (Å²) >= 11 is 3.45. The van der Waals surface area contributed by atoms with Gasteiger partial charge in [0.15, 0.2) is 5.76 Å². The van der Waals surface area contributed by atoms with Gasteiger partial charge in [0.1, 0.15) is 5.58 Å². The maximum Gasteiger partial charge on any atom is 0.228 e. The van der Waals surface area contributed by atoms with Crippen molar-refractivity contribution >= 4 is 32.7 Å². The van der Waals surface area contributed by atoms with Gasteiger partial charge in [0.25, 0.3) is 0 Å². The molecule has 0 aliphatic carbocycles. The summed E-state index contributed by atoms with van der Waals surface area (Å²) in [6.45, 7) is 4.02. The predicted octanol–water partition coefficient (Wildman–Crippen LogP) is 5.30. The second kappa shape index (κ2) is 5.49. The second-order valence-electron chi connectivity index (χ2n) is 5.08. The maximum atomic E-state index is 12.6. The lowest BCUT2D eigenvalue weighted by molar-refractivity contribution is 0.101. The third-order valence-corrected chi connectivity index (χ3v) is 4.22. The number of halogens is 1. The van der Waals surface area contributed by atoms with E-state index >= 15 is 0 Å². The highest BCUT2D eigenvalue weighted by atomic mass is 79.9. The normalized spacial score (nSPS) is 11.0. The fourth-order valence-electron chi connectivity index (χ4n) is 2.43. The largest absolute Gasteiger partial charge is 0.452 e. The molecule has 0 aliphatic heterocycles. The Morgan fingerprint density at radius 2 is 1.86 bits per heavy atom. The Hall–Kier alpha value is -1.87. The first-order valence-corrected chi connectivity index (χ1v) is 7.71. The number of rotatable bonds is 3. The topological polar surface area (TPSA) is 30.2 Å². The Morgan fingerprint density at radius 3 is 2.52 bits per heavy atom. The number of hydrogen-bond donors (Lipinski definition) is 0. The minimum absolute atomic E-state index is 0.0672. The standard InChI is InChI=1S/C18H15BrO2/c1-3-12-4-6-13(7-5-12)17(20)18-11(2)15-10-14(19)8-9-16(15)21-18/h4-10H,3H2,1-2H3. The van der Waals surface area contributed by atoms with Crippen LogP contribution in [0, 0.1) is 6.92 Å². The fourth-order valence-corrected chi connectivity index (χ4v) is 2.79. The molecular formula is C18H15BrO2. The van der Waals surface area contributed by atoms with Crippen molar-refractivity contribution in [1.29, 1.82) is 0 Å². The summed E-state index contributed by atoms with van der Waals surface area (Å²) in [7, 11) is 0. The summed E-state index contributed by atoms with van der Waals surface area (Å²) in [5.74, 6) is 0.356. The minimum atomic E-state index is -0.0672. The molecule has 0 N–H and O–H groups in total. The van der Waals surface area contributed by atoms with E-state index in [1.165, 1.54) is 5.56 Å². The highest BCUT2D eigenvalue weighted by Crippen LogP contribution is 2.29. The number of hydrogen-bond acceptors (Lipinski definition) is 2. The van der Waals surface area contributed by atoms with Crippen LogP contribution in [0.5, 0.6) is 0 Å². The van der Waals surface area contributed by atoms with Crippen molar-refractivity contribution in [2.24, 2.45) is 0 Å². The molecule has 3 heteroatoms. The molecule has 106 valence electrons. The van der Waals surface area contributed by atoms with Crippen molar-refractivity contribution in [3.05, 3.63) is 69.4 Å². The average Bonchev–Trinajstić information content (AvgIpc) is 2.83. The van der Waals surface area contributed by atoms with Crippen molar-refractivity contribution in [3.8, 4) is 0 Å². The highest BCUT2D eigenvalue weighted by molar-refractivity contribution is 9.10. The van der Waals surface area contributed by atoms with Crippen molar-refractivity contribution in [2.45, 2.75) is 20.3 Å². The summed E-state index contributed by atoms with van der Waals surface area (Å²) in [5, 5.41) is 0.970. The molecule has 0 atom stereocenters. The van der Waals surface area contributed by atoms with Crippen LogP contribution in [0.25, 0.3) is 11.0 Å². The highest BCUT2D eigenvalue weighted by Gasteiger charge is 2.19. The lowest BCUT2D eigenvalue weighted by Crippen LogP contribution is -2.01. The molecular weight excluding hydrogens is 328 g/mol. The van der Waals surface area contributed by atoms with E-state index in [9.17, 15) is 4.79 Å². The molecule has 0 saturated carbocycles. The summed E-state index contributed by atoms with van der Waals surface area (Å²) in [6.07, 6.45) is 0.964. The minimum Gasteiger partial charge on any atom is -0.452 e. The molecule has 2 nitrogen and oxygen atoms in total. The van der Waals surface area contributed by atoms with Gasteiger partial charge in [-0.25, -0.2) is 0 Å². The first-order chi connectivity index (χ1) is 10.1. The number of ketones is 1. The van der Waals surface area contributed by atoms with E-state index in [0.29, 0.717) is 11.3 Å². The van der Waals surface area contributed by atoms with E-state index in [1.54, 1.807) is 0 Å². The lowest BCUT2D eigenvalue weighted by Gasteiger charge is -2.01. The van der Waals surface area contributed by atoms with Gasteiger partial charge in [0.2, 0.25) is 5.78 Å². The molecule has 0 saturated heterocycles. The number of carbonyl (C=O) groups excluding carboxylic acids is 1. The van der Waals surface area contributed by atoms with Crippen molar-refractivity contribution in [2.75, 3.05) is 0 Å². The van der Waals surface area contributed by atoms with Crippen LogP contribution < -0.4 is 0 Å². The van der Waals surface area contributed by atoms with Gasteiger partial charge in [0.05, 0.1) is 0 Å². The Kier molecular flexibility index (Phi) is 3.68. The Morgan fingerprint density at radius 1 is 1.14 bits per heavy atom. The Bertz CT molecular complexity index is 813. The summed E-state index contributed by atoms with van der Waals surface area (Å²) in [4.78, 5) is 12.6. The lowest BCUT2D eigenvalue weighted by atomic mass is 10.0. The predicted molar refractivity (Wildman–Crippen MR) is 87.9 cm³/mol. The van der Waals surface area contributed by atoms with Crippen LogP contribution in [0.1, 0.15) is 34.2 Å². The third-order valence-electron chi connectivity index (χ3n) is 3.73. The second-order valence-corrected chi connectivity index (χ2v) is 5.99. The smallest absolute Gasteiger partial charge is 0.228 e. The summed E-state index contributed by atoms with van der Waals surface area (Å²) in [5.41, 5.74) is 3.50. The van der Waals surface area contributed by atoms with Crippen LogP contribution in [0.3, 0.4) is 0 Å². The van der Waals surface area contributed by atoms with Gasteiger partial charge in [-0.3, -0.25) is 4.79 Å². The number of benzene rings is 2. The quantitative estimate of drug-likeness (QED) is 0.604. The van der Waals surface area contributed by atoms with Crippen LogP contribution in [-0.4, -0.2) is 5.78 Å². The van der Waals surface area contributed by atoms with E-state index in [-0.39, 0.29) is 5.78 Å². The third kappa shape index (κ3) is 2.54. The summed E-state index contributed by atoms with van der Waals surface area (Å²) < 4.78 is 6.73. The van der Waals surface area contributed by atoms with Crippen LogP contribution in [0.4, 0.5) is 0 Å². The molecule has 0 radical (unpaired) electrons. The zero-order valence-electron chi connectivity index (χ0n) is 11.9. The van der Waals surface area contributed by atoms with E-state index in [2.05, 4.69) is 22.9 Å². The molecule has 0 bridgehead atoms. The molecule has 0 fully saturated rings. The van der Waals surface area contributed by atoms with Crippen molar-refractivity contribution in [1.82, 2.24) is 0 Å². The molecule has 0 unspecified atom stereocenters. The van der Waals surface area contributed by atoms with Crippen LogP contribution in [0.2, 0.25) is 0 Å². The molecule has 1 aromatic heterocycles. The monoisotopic (exact) mass is 342 g/mol. The average molecular weight is 343 g/mol. The zero-order valence-corrected chi connectivity index (χ0v) is 13.5. The first kappa shape index (κ1) is 14.1. The molecule has 3 rings (SSSR count). The van der Waals surface area contributed by atoms with Gasteiger partial charge in [-0.15, -0.1) is 0 Å². The molecule has 2 aromatic carbocycles. The first-order valence-electron chi connectivity index (χ1n) is 6.92. The van der Waals surface area contributed by atoms with Gasteiger partial charge in [-0.1, -0.05) is 47.1 Å². The number of fused-ring (bicyclic) bond motifs is 1. The molecule has 0 amide bonds. The van der Waals surface area contributed by atoms with Gasteiger partial charge in [0, 0.05) is 21.0 Å². The number of carbonyl (C=O) groups is 1. The Balaban J connectivity index is 2.06. The number of aryl methyl sites for hydroxylation is 2. The van der Waals surface area contributed by atoms with Crippen LogP contribution >= 0.6 is 15.9 Å².